The molecule has 2 aromatic heterocycles. The lowest BCUT2D eigenvalue weighted by atomic mass is 10.4. The Morgan fingerprint density at radius 2 is 2.14 bits per heavy atom. The number of fused-ring (bicyclic) bond motifs is 1. The molecule has 0 amide bonds. The number of carbonyl (C=O) groups is 1. The van der Waals surface area contributed by atoms with Gasteiger partial charge in [-0.2, -0.15) is 0 Å². The van der Waals surface area contributed by atoms with E-state index in [2.05, 4.69) is 29.6 Å². The molecule has 0 atom stereocenters. The second-order valence-electron chi connectivity index (χ2n) is 6.33. The molecule has 0 aliphatic heterocycles. The summed E-state index contributed by atoms with van der Waals surface area (Å²) >= 11 is 0. The highest BCUT2D eigenvalue weighted by Crippen LogP contribution is 2.18. The van der Waals surface area contributed by atoms with Gasteiger partial charge in [0.2, 0.25) is 0 Å². The van der Waals surface area contributed by atoms with Crippen molar-refractivity contribution in [2.24, 2.45) is 0 Å². The molecule has 0 fully saturated rings. The number of ether oxygens (including phenoxy) is 2. The third-order valence-electron chi connectivity index (χ3n) is 3.26. The maximum Gasteiger partial charge on any atom is 0.355 e. The first-order chi connectivity index (χ1) is 10.4. The molecule has 22 heavy (non-hydrogen) atoms. The van der Waals surface area contributed by atoms with Crippen molar-refractivity contribution < 1.29 is 14.3 Å². The Kier molecular flexibility index (Phi) is 5.31. The Hall–Kier alpha value is -1.73. The Morgan fingerprint density at radius 1 is 1.36 bits per heavy atom. The number of carbonyl (C=O) groups excluding carboxylic acids is 1. The molecule has 0 aliphatic rings. The first kappa shape index (κ1) is 16.6. The molecule has 120 valence electrons. The molecule has 0 radical (unpaired) electrons. The molecule has 0 aromatic carbocycles. The van der Waals surface area contributed by atoms with Gasteiger partial charge in [0.1, 0.15) is 24.4 Å². The van der Waals surface area contributed by atoms with E-state index in [4.69, 9.17) is 9.47 Å². The van der Waals surface area contributed by atoms with Crippen molar-refractivity contribution in [3.63, 3.8) is 0 Å². The predicted molar refractivity (Wildman–Crippen MR) is 87.6 cm³/mol. The third kappa shape index (κ3) is 4.14. The summed E-state index contributed by atoms with van der Waals surface area (Å²) in [6.07, 6.45) is 3.15. The number of aromatic nitrogens is 3. The van der Waals surface area contributed by atoms with Gasteiger partial charge < -0.3 is 9.47 Å². The van der Waals surface area contributed by atoms with Gasteiger partial charge in [-0.1, -0.05) is 19.6 Å². The number of hydrogen-bond donors (Lipinski definition) is 0. The van der Waals surface area contributed by atoms with E-state index in [1.54, 1.807) is 23.8 Å². The van der Waals surface area contributed by atoms with E-state index < -0.39 is 8.07 Å². The molecule has 0 unspecified atom stereocenters. The summed E-state index contributed by atoms with van der Waals surface area (Å²) in [5.41, 5.74) is 1.14. The topological polar surface area (TPSA) is 66.2 Å². The number of nitrogens with zero attached hydrogens (tertiary/aromatic N) is 3. The Bertz CT molecular complexity index is 649. The molecule has 2 aromatic rings. The van der Waals surface area contributed by atoms with Gasteiger partial charge in [-0.15, -0.1) is 0 Å². The fourth-order valence-electron chi connectivity index (χ4n) is 2.04. The largest absolute Gasteiger partial charge is 0.461 e. The second kappa shape index (κ2) is 7.02. The fourth-order valence-corrected chi connectivity index (χ4v) is 2.80. The van der Waals surface area contributed by atoms with Crippen molar-refractivity contribution in [1.29, 1.82) is 0 Å². The predicted octanol–water partition coefficient (Wildman–Crippen LogP) is 2.92. The highest BCUT2D eigenvalue weighted by atomic mass is 28.3. The molecular weight excluding hydrogens is 298 g/mol. The first-order valence-corrected chi connectivity index (χ1v) is 11.2. The van der Waals surface area contributed by atoms with E-state index in [0.717, 1.165) is 11.4 Å². The lowest BCUT2D eigenvalue weighted by Crippen LogP contribution is -2.22. The van der Waals surface area contributed by atoms with Crippen LogP contribution in [0, 0.1) is 0 Å². The number of rotatable bonds is 7. The van der Waals surface area contributed by atoms with Crippen LogP contribution >= 0.6 is 0 Å². The van der Waals surface area contributed by atoms with Crippen LogP contribution in [0.3, 0.4) is 0 Å². The van der Waals surface area contributed by atoms with Crippen molar-refractivity contribution in [2.75, 3.05) is 13.2 Å². The van der Waals surface area contributed by atoms with Crippen LogP contribution in [0.4, 0.5) is 0 Å². The van der Waals surface area contributed by atoms with Crippen LogP contribution in [0.1, 0.15) is 17.4 Å². The highest BCUT2D eigenvalue weighted by Gasteiger charge is 2.18. The average molecular weight is 321 g/mol. The monoisotopic (exact) mass is 321 g/mol. The van der Waals surface area contributed by atoms with Crippen LogP contribution in [0.25, 0.3) is 11.0 Å². The third-order valence-corrected chi connectivity index (χ3v) is 4.96. The Balaban J connectivity index is 2.18. The van der Waals surface area contributed by atoms with E-state index in [0.29, 0.717) is 31.3 Å². The van der Waals surface area contributed by atoms with Crippen molar-refractivity contribution in [3.05, 3.63) is 24.3 Å². The van der Waals surface area contributed by atoms with Gasteiger partial charge in [0.05, 0.1) is 6.61 Å². The number of esters is 1. The van der Waals surface area contributed by atoms with Gasteiger partial charge >= 0.3 is 5.97 Å². The molecule has 0 bridgehead atoms. The molecule has 6 nitrogen and oxygen atoms in total. The molecule has 2 rings (SSSR count). The van der Waals surface area contributed by atoms with Gasteiger partial charge in [0.25, 0.3) is 0 Å². The lowest BCUT2D eigenvalue weighted by molar-refractivity contribution is 0.0477. The molecule has 0 saturated heterocycles. The van der Waals surface area contributed by atoms with Gasteiger partial charge in [0.15, 0.2) is 0 Å². The SMILES string of the molecule is CCOC(=O)c1cc2cncnc2n1COCC[Si](C)(C)C. The van der Waals surface area contributed by atoms with E-state index in [9.17, 15) is 4.79 Å². The molecule has 2 heterocycles. The maximum absolute atomic E-state index is 12.1. The number of hydrogen-bond acceptors (Lipinski definition) is 5. The smallest absolute Gasteiger partial charge is 0.355 e. The lowest BCUT2D eigenvalue weighted by Gasteiger charge is -2.16. The molecule has 0 spiro atoms. The van der Waals surface area contributed by atoms with Gasteiger partial charge in [-0.05, 0) is 19.0 Å². The summed E-state index contributed by atoms with van der Waals surface area (Å²) in [5.74, 6) is -0.366. The molecule has 0 aliphatic carbocycles. The molecule has 0 N–H and O–H groups in total. The van der Waals surface area contributed by atoms with Gasteiger partial charge in [-0.3, -0.25) is 4.57 Å². The minimum absolute atomic E-state index is 0.291. The molecule has 0 saturated carbocycles. The van der Waals surface area contributed by atoms with Crippen LogP contribution in [0.2, 0.25) is 25.7 Å². The van der Waals surface area contributed by atoms with Crippen molar-refractivity contribution >= 4 is 25.1 Å². The zero-order chi connectivity index (χ0) is 16.2. The Labute approximate surface area is 131 Å². The minimum Gasteiger partial charge on any atom is -0.461 e. The van der Waals surface area contributed by atoms with Gasteiger partial charge in [0, 0.05) is 26.3 Å². The summed E-state index contributed by atoms with van der Waals surface area (Å²) in [6, 6.07) is 2.82. The van der Waals surface area contributed by atoms with E-state index in [-0.39, 0.29) is 5.97 Å². The van der Waals surface area contributed by atoms with Crippen LogP contribution < -0.4 is 0 Å². The average Bonchev–Trinajstić information content (AvgIpc) is 2.82. The van der Waals surface area contributed by atoms with Crippen molar-refractivity contribution in [3.8, 4) is 0 Å². The van der Waals surface area contributed by atoms with Crippen molar-refractivity contribution in [2.45, 2.75) is 39.3 Å². The molecule has 7 heteroatoms. The molecular formula is C15H23N3O3Si. The van der Waals surface area contributed by atoms with E-state index >= 15 is 0 Å². The minimum atomic E-state index is -1.13. The zero-order valence-corrected chi connectivity index (χ0v) is 14.6. The summed E-state index contributed by atoms with van der Waals surface area (Å²) < 4.78 is 12.6. The quantitative estimate of drug-likeness (QED) is 0.445. The van der Waals surface area contributed by atoms with E-state index in [1.807, 2.05) is 0 Å². The van der Waals surface area contributed by atoms with Crippen LogP contribution in [0.15, 0.2) is 18.6 Å². The fraction of sp³-hybridized carbons (Fsp3) is 0.533. The zero-order valence-electron chi connectivity index (χ0n) is 13.6. The summed E-state index contributed by atoms with van der Waals surface area (Å²) in [6.45, 7) is 10.0. The summed E-state index contributed by atoms with van der Waals surface area (Å²) in [4.78, 5) is 20.3. The standard InChI is InChI=1S/C15H23N3O3Si/c1-5-21-15(19)13-8-12-9-16-10-17-14(12)18(13)11-20-6-7-22(2,3)4/h8-10H,5-7,11H2,1-4H3. The second-order valence-corrected chi connectivity index (χ2v) is 11.9. The van der Waals surface area contributed by atoms with Crippen LogP contribution in [-0.4, -0.2) is 41.8 Å². The highest BCUT2D eigenvalue weighted by molar-refractivity contribution is 6.76. The van der Waals surface area contributed by atoms with E-state index in [1.165, 1.54) is 6.33 Å². The Morgan fingerprint density at radius 3 is 2.82 bits per heavy atom. The van der Waals surface area contributed by atoms with Crippen molar-refractivity contribution in [1.82, 2.24) is 14.5 Å². The maximum atomic E-state index is 12.1. The first-order valence-electron chi connectivity index (χ1n) is 7.46. The normalized spacial score (nSPS) is 11.8. The van der Waals surface area contributed by atoms with Crippen LogP contribution in [-0.2, 0) is 16.2 Å². The van der Waals surface area contributed by atoms with Gasteiger partial charge in [-0.25, -0.2) is 14.8 Å². The summed E-state index contributed by atoms with van der Waals surface area (Å²) in [7, 11) is -1.13. The summed E-state index contributed by atoms with van der Waals surface area (Å²) in [5, 5.41) is 0.805. The van der Waals surface area contributed by atoms with Crippen LogP contribution in [0.5, 0.6) is 0 Å².